The second-order valence-electron chi connectivity index (χ2n) is 3.46. The summed E-state index contributed by atoms with van der Waals surface area (Å²) in [6.07, 6.45) is 0. The number of hydrogen-bond donors (Lipinski definition) is 0. The number of ether oxygens (including phenoxy) is 1. The third-order valence-corrected chi connectivity index (χ3v) is 2.29. The summed E-state index contributed by atoms with van der Waals surface area (Å²) < 4.78 is 18.4. The summed E-state index contributed by atoms with van der Waals surface area (Å²) in [5, 5.41) is 1.16. The number of nitrogens with zero attached hydrogens (tertiary/aromatic N) is 1. The number of rotatable bonds is 2. The Labute approximate surface area is 92.5 Å². The van der Waals surface area contributed by atoms with E-state index in [4.69, 9.17) is 9.57 Å². The number of carbonyl (C=O) groups excluding carboxylic acids is 1. The van der Waals surface area contributed by atoms with Crippen molar-refractivity contribution in [3.63, 3.8) is 0 Å². The molecule has 0 bridgehead atoms. The number of fused-ring (bicyclic) bond motifs is 1. The van der Waals surface area contributed by atoms with Crippen LogP contribution in [0.1, 0.15) is 12.5 Å². The number of hydroxylamine groups is 1. The van der Waals surface area contributed by atoms with Gasteiger partial charge in [-0.25, -0.2) is 4.39 Å². The van der Waals surface area contributed by atoms with Crippen molar-refractivity contribution in [2.75, 3.05) is 18.3 Å². The molecule has 1 aromatic rings. The van der Waals surface area contributed by atoms with Crippen molar-refractivity contribution in [2.45, 2.75) is 13.8 Å². The summed E-state index contributed by atoms with van der Waals surface area (Å²) in [5.74, 6) is -0.318. The predicted octanol–water partition coefficient (Wildman–Crippen LogP) is 1.81. The van der Waals surface area contributed by atoms with Gasteiger partial charge in [0.25, 0.3) is 5.91 Å². The van der Waals surface area contributed by atoms with Crippen LogP contribution >= 0.6 is 0 Å². The number of amides is 1. The highest BCUT2D eigenvalue weighted by atomic mass is 19.1. The smallest absolute Gasteiger partial charge is 0.288 e. The fourth-order valence-corrected chi connectivity index (χ4v) is 1.53. The molecule has 0 aliphatic carbocycles. The summed E-state index contributed by atoms with van der Waals surface area (Å²) in [4.78, 5) is 16.7. The molecule has 0 unspecified atom stereocenters. The van der Waals surface area contributed by atoms with E-state index in [0.717, 1.165) is 5.06 Å². The summed E-state index contributed by atoms with van der Waals surface area (Å²) in [5.41, 5.74) is 0.902. The molecule has 0 N–H and O–H groups in total. The minimum absolute atomic E-state index is 0.129. The molecule has 16 heavy (non-hydrogen) atoms. The van der Waals surface area contributed by atoms with E-state index in [0.29, 0.717) is 23.6 Å². The Bertz CT molecular complexity index is 433. The molecule has 0 atom stereocenters. The van der Waals surface area contributed by atoms with E-state index >= 15 is 0 Å². The highest BCUT2D eigenvalue weighted by Crippen LogP contribution is 2.34. The van der Waals surface area contributed by atoms with E-state index < -0.39 is 0 Å². The third kappa shape index (κ3) is 1.74. The van der Waals surface area contributed by atoms with E-state index in [9.17, 15) is 9.18 Å². The molecule has 2 rings (SSSR count). The summed E-state index contributed by atoms with van der Waals surface area (Å²) in [6.45, 7) is 3.63. The molecule has 1 amide bonds. The van der Waals surface area contributed by atoms with Gasteiger partial charge in [0, 0.05) is 6.07 Å². The highest BCUT2D eigenvalue weighted by molar-refractivity contribution is 5.96. The van der Waals surface area contributed by atoms with Gasteiger partial charge in [0.15, 0.2) is 6.61 Å². The zero-order valence-electron chi connectivity index (χ0n) is 9.12. The zero-order valence-corrected chi connectivity index (χ0v) is 9.12. The average molecular weight is 225 g/mol. The van der Waals surface area contributed by atoms with E-state index in [1.54, 1.807) is 13.8 Å². The van der Waals surface area contributed by atoms with E-state index in [2.05, 4.69) is 0 Å². The van der Waals surface area contributed by atoms with Gasteiger partial charge in [-0.15, -0.1) is 0 Å². The van der Waals surface area contributed by atoms with Gasteiger partial charge in [0.1, 0.15) is 17.3 Å². The Kier molecular flexibility index (Phi) is 2.78. The molecule has 0 saturated carbocycles. The van der Waals surface area contributed by atoms with Crippen molar-refractivity contribution in [1.29, 1.82) is 0 Å². The number of aryl methyl sites for hydroxylation is 1. The molecule has 1 heterocycles. The van der Waals surface area contributed by atoms with Gasteiger partial charge in [-0.2, -0.15) is 5.06 Å². The summed E-state index contributed by atoms with van der Waals surface area (Å²) in [7, 11) is 0. The Balaban J connectivity index is 2.46. The molecule has 0 fully saturated rings. The molecule has 1 aliphatic rings. The van der Waals surface area contributed by atoms with Crippen LogP contribution < -0.4 is 9.80 Å². The lowest BCUT2D eigenvalue weighted by atomic mass is 10.1. The van der Waals surface area contributed by atoms with Gasteiger partial charge in [0.2, 0.25) is 0 Å². The first-order valence-electron chi connectivity index (χ1n) is 5.02. The second-order valence-corrected chi connectivity index (χ2v) is 3.46. The van der Waals surface area contributed by atoms with E-state index in [1.165, 1.54) is 12.1 Å². The van der Waals surface area contributed by atoms with Crippen LogP contribution in [0.15, 0.2) is 12.1 Å². The van der Waals surface area contributed by atoms with Crippen LogP contribution in [0.4, 0.5) is 10.1 Å². The van der Waals surface area contributed by atoms with Crippen molar-refractivity contribution in [2.24, 2.45) is 0 Å². The van der Waals surface area contributed by atoms with Gasteiger partial charge >= 0.3 is 0 Å². The number of benzene rings is 1. The molecule has 0 spiro atoms. The van der Waals surface area contributed by atoms with Crippen LogP contribution in [-0.4, -0.2) is 19.1 Å². The van der Waals surface area contributed by atoms with Crippen LogP contribution in [-0.2, 0) is 9.63 Å². The first-order valence-corrected chi connectivity index (χ1v) is 5.02. The lowest BCUT2D eigenvalue weighted by molar-refractivity contribution is -0.129. The molecular weight excluding hydrogens is 213 g/mol. The molecule has 1 aromatic carbocycles. The lowest BCUT2D eigenvalue weighted by Crippen LogP contribution is -2.38. The summed E-state index contributed by atoms with van der Waals surface area (Å²) >= 11 is 0. The van der Waals surface area contributed by atoms with Crippen LogP contribution in [0.2, 0.25) is 0 Å². The molecule has 0 saturated heterocycles. The Morgan fingerprint density at radius 3 is 3.00 bits per heavy atom. The molecule has 86 valence electrons. The van der Waals surface area contributed by atoms with Crippen molar-refractivity contribution in [3.05, 3.63) is 23.5 Å². The van der Waals surface area contributed by atoms with Crippen LogP contribution in [0.3, 0.4) is 0 Å². The van der Waals surface area contributed by atoms with Gasteiger partial charge < -0.3 is 4.74 Å². The van der Waals surface area contributed by atoms with Gasteiger partial charge in [-0.3, -0.25) is 9.63 Å². The minimum Gasteiger partial charge on any atom is -0.481 e. The van der Waals surface area contributed by atoms with Gasteiger partial charge in [-0.05, 0) is 25.5 Å². The third-order valence-electron chi connectivity index (χ3n) is 2.29. The molecule has 1 aliphatic heterocycles. The van der Waals surface area contributed by atoms with Crippen molar-refractivity contribution in [1.82, 2.24) is 0 Å². The Morgan fingerprint density at radius 1 is 1.56 bits per heavy atom. The van der Waals surface area contributed by atoms with E-state index in [1.807, 2.05) is 0 Å². The zero-order chi connectivity index (χ0) is 11.7. The summed E-state index contributed by atoms with van der Waals surface area (Å²) in [6, 6.07) is 2.81. The van der Waals surface area contributed by atoms with Crippen LogP contribution in [0.25, 0.3) is 0 Å². The van der Waals surface area contributed by atoms with Crippen molar-refractivity contribution in [3.8, 4) is 5.75 Å². The highest BCUT2D eigenvalue weighted by Gasteiger charge is 2.27. The van der Waals surface area contributed by atoms with Crippen molar-refractivity contribution >= 4 is 11.6 Å². The topological polar surface area (TPSA) is 38.8 Å². The maximum atomic E-state index is 13.3. The van der Waals surface area contributed by atoms with Crippen molar-refractivity contribution < 1.29 is 18.8 Å². The SMILES string of the molecule is CCON1C(=O)COc2cc(F)c(C)cc21. The van der Waals surface area contributed by atoms with Gasteiger partial charge in [0.05, 0.1) is 6.61 Å². The molecule has 4 nitrogen and oxygen atoms in total. The fourth-order valence-electron chi connectivity index (χ4n) is 1.53. The molecule has 0 aromatic heterocycles. The normalized spacial score (nSPS) is 14.7. The maximum Gasteiger partial charge on any atom is 0.288 e. The molecular formula is C11H12FNO3. The quantitative estimate of drug-likeness (QED) is 0.770. The number of carbonyl (C=O) groups is 1. The molecule has 0 radical (unpaired) electrons. The largest absolute Gasteiger partial charge is 0.481 e. The second kappa shape index (κ2) is 4.09. The van der Waals surface area contributed by atoms with Crippen LogP contribution in [0, 0.1) is 12.7 Å². The standard InChI is InChI=1S/C11H12FNO3/c1-3-16-13-9-4-7(2)8(12)5-10(9)15-6-11(13)14/h4-5H,3,6H2,1-2H3. The minimum atomic E-state index is -0.357. The fraction of sp³-hybridized carbons (Fsp3) is 0.364. The van der Waals surface area contributed by atoms with E-state index in [-0.39, 0.29) is 18.3 Å². The number of anilines is 1. The first-order chi connectivity index (χ1) is 7.63. The van der Waals surface area contributed by atoms with Crippen LogP contribution in [0.5, 0.6) is 5.75 Å². The first kappa shape index (κ1) is 10.9. The molecule has 5 heteroatoms. The monoisotopic (exact) mass is 225 g/mol. The lowest BCUT2D eigenvalue weighted by Gasteiger charge is -2.28. The Morgan fingerprint density at radius 2 is 2.31 bits per heavy atom. The number of hydrogen-bond acceptors (Lipinski definition) is 3. The van der Waals surface area contributed by atoms with Gasteiger partial charge in [-0.1, -0.05) is 0 Å². The maximum absolute atomic E-state index is 13.3. The Hall–Kier alpha value is -1.62. The predicted molar refractivity (Wildman–Crippen MR) is 55.7 cm³/mol. The number of halogens is 1. The average Bonchev–Trinajstić information content (AvgIpc) is 2.25.